The van der Waals surface area contributed by atoms with Gasteiger partial charge in [0.2, 0.25) is 0 Å². The van der Waals surface area contributed by atoms with Gasteiger partial charge in [0.25, 0.3) is 0 Å². The number of nitrogens with one attached hydrogen (secondary N) is 1. The number of rotatable bonds is 9. The van der Waals surface area contributed by atoms with E-state index in [0.717, 1.165) is 18.7 Å². The Kier molecular flexibility index (Phi) is 8.36. The molecule has 0 bridgehead atoms. The highest BCUT2D eigenvalue weighted by Gasteiger charge is 1.99. The first-order valence-electron chi connectivity index (χ1n) is 6.97. The van der Waals surface area contributed by atoms with Gasteiger partial charge in [0.15, 0.2) is 0 Å². The predicted octanol–water partition coefficient (Wildman–Crippen LogP) is 3.88. The van der Waals surface area contributed by atoms with Crippen LogP contribution in [0.25, 0.3) is 0 Å². The van der Waals surface area contributed by atoms with Crippen molar-refractivity contribution in [2.75, 3.05) is 18.6 Å². The Morgan fingerprint density at radius 2 is 2.00 bits per heavy atom. The van der Waals surface area contributed by atoms with Gasteiger partial charge < -0.3 is 5.32 Å². The van der Waals surface area contributed by atoms with E-state index in [1.165, 1.54) is 42.6 Å². The molecule has 0 heterocycles. The summed E-state index contributed by atoms with van der Waals surface area (Å²) in [5.74, 6) is 1.29. The fraction of sp³-hybridized carbons (Fsp3) is 0.562. The molecule has 1 N–H and O–H groups in total. The summed E-state index contributed by atoms with van der Waals surface area (Å²) in [7, 11) is 0. The van der Waals surface area contributed by atoms with Gasteiger partial charge in [-0.1, -0.05) is 18.9 Å². The smallest absolute Gasteiger partial charge is 0.0991 e. The molecule has 0 saturated carbocycles. The van der Waals surface area contributed by atoms with E-state index >= 15 is 0 Å². The third kappa shape index (κ3) is 6.66. The van der Waals surface area contributed by atoms with Crippen LogP contribution in [0, 0.1) is 18.3 Å². The monoisotopic (exact) mass is 276 g/mol. The van der Waals surface area contributed by atoms with Crippen LogP contribution in [0.4, 0.5) is 0 Å². The van der Waals surface area contributed by atoms with E-state index in [4.69, 9.17) is 5.26 Å². The average molecular weight is 276 g/mol. The van der Waals surface area contributed by atoms with E-state index < -0.39 is 0 Å². The normalized spacial score (nSPS) is 10.4. The summed E-state index contributed by atoms with van der Waals surface area (Å²) in [6, 6.07) is 8.08. The zero-order chi connectivity index (χ0) is 13.9. The Morgan fingerprint density at radius 3 is 2.68 bits per heavy atom. The number of unbranched alkanes of at least 4 members (excludes halogenated alkanes) is 3. The number of hydrogen-bond acceptors (Lipinski definition) is 3. The molecule has 104 valence electrons. The summed E-state index contributed by atoms with van der Waals surface area (Å²) < 4.78 is 0. The maximum absolute atomic E-state index is 8.82. The molecule has 19 heavy (non-hydrogen) atoms. The largest absolute Gasteiger partial charge is 0.313 e. The van der Waals surface area contributed by atoms with Crippen LogP contribution in [0.1, 0.15) is 42.4 Å². The Hall–Kier alpha value is -0.980. The zero-order valence-corrected chi connectivity index (χ0v) is 12.9. The van der Waals surface area contributed by atoms with Crippen LogP contribution in [0.3, 0.4) is 0 Å². The van der Waals surface area contributed by atoms with Gasteiger partial charge in [-0.15, -0.1) is 0 Å². The molecule has 3 heteroatoms. The minimum absolute atomic E-state index is 0.745. The van der Waals surface area contributed by atoms with Crippen LogP contribution in [-0.4, -0.2) is 18.6 Å². The third-order valence-corrected chi connectivity index (χ3v) is 3.94. The van der Waals surface area contributed by atoms with Crippen LogP contribution < -0.4 is 5.32 Å². The zero-order valence-electron chi connectivity index (χ0n) is 12.0. The molecule has 0 aliphatic rings. The summed E-state index contributed by atoms with van der Waals surface area (Å²) in [6.45, 7) is 4.06. The highest BCUT2D eigenvalue weighted by Crippen LogP contribution is 2.10. The van der Waals surface area contributed by atoms with Gasteiger partial charge in [-0.3, -0.25) is 0 Å². The van der Waals surface area contributed by atoms with Crippen LogP contribution >= 0.6 is 11.8 Å². The highest BCUT2D eigenvalue weighted by molar-refractivity contribution is 7.98. The van der Waals surface area contributed by atoms with Crippen molar-refractivity contribution in [3.63, 3.8) is 0 Å². The lowest BCUT2D eigenvalue weighted by atomic mass is 10.1. The summed E-state index contributed by atoms with van der Waals surface area (Å²) >= 11 is 1.93. The Morgan fingerprint density at radius 1 is 1.21 bits per heavy atom. The first-order valence-corrected chi connectivity index (χ1v) is 8.36. The molecule has 0 amide bonds. The van der Waals surface area contributed by atoms with Gasteiger partial charge >= 0.3 is 0 Å². The molecule has 0 aromatic heterocycles. The lowest BCUT2D eigenvalue weighted by molar-refractivity contribution is 0.599. The summed E-state index contributed by atoms with van der Waals surface area (Å²) in [4.78, 5) is 0. The first kappa shape index (κ1) is 16.1. The highest BCUT2D eigenvalue weighted by atomic mass is 32.2. The number of nitriles is 1. The van der Waals surface area contributed by atoms with E-state index in [1.54, 1.807) is 0 Å². The van der Waals surface area contributed by atoms with Crippen molar-refractivity contribution in [1.29, 1.82) is 5.26 Å². The molecule has 0 unspecified atom stereocenters. The molecule has 0 aliphatic carbocycles. The molecule has 0 spiro atoms. The molecule has 1 aromatic rings. The van der Waals surface area contributed by atoms with E-state index in [0.29, 0.717) is 0 Å². The van der Waals surface area contributed by atoms with E-state index in [-0.39, 0.29) is 0 Å². The molecule has 0 aliphatic heterocycles. The molecule has 0 atom stereocenters. The number of thioether (sulfide) groups is 1. The number of benzene rings is 1. The second-order valence-corrected chi connectivity index (χ2v) is 5.82. The third-order valence-electron chi connectivity index (χ3n) is 3.24. The van der Waals surface area contributed by atoms with E-state index in [1.807, 2.05) is 23.9 Å². The van der Waals surface area contributed by atoms with Crippen molar-refractivity contribution in [3.05, 3.63) is 34.9 Å². The van der Waals surface area contributed by atoms with Crippen molar-refractivity contribution >= 4 is 11.8 Å². The van der Waals surface area contributed by atoms with Crippen LogP contribution in [0.2, 0.25) is 0 Å². The molecule has 0 saturated heterocycles. The van der Waals surface area contributed by atoms with Gasteiger partial charge in [-0.25, -0.2) is 0 Å². The fourth-order valence-electron chi connectivity index (χ4n) is 2.04. The fourth-order valence-corrected chi connectivity index (χ4v) is 2.53. The minimum atomic E-state index is 0.745. The molecule has 0 fully saturated rings. The van der Waals surface area contributed by atoms with Crippen molar-refractivity contribution in [1.82, 2.24) is 5.32 Å². The van der Waals surface area contributed by atoms with Crippen molar-refractivity contribution in [3.8, 4) is 6.07 Å². The maximum Gasteiger partial charge on any atom is 0.0991 e. The van der Waals surface area contributed by atoms with Crippen molar-refractivity contribution < 1.29 is 0 Å². The average Bonchev–Trinajstić information content (AvgIpc) is 2.43. The Balaban J connectivity index is 2.14. The summed E-state index contributed by atoms with van der Waals surface area (Å²) in [5.41, 5.74) is 3.24. The number of aryl methyl sites for hydroxylation is 1. The van der Waals surface area contributed by atoms with Gasteiger partial charge in [0.1, 0.15) is 0 Å². The summed E-state index contributed by atoms with van der Waals surface area (Å²) in [6.07, 6.45) is 7.43. The lowest BCUT2D eigenvalue weighted by Gasteiger charge is -2.08. The Bertz CT molecular complexity index is 410. The molecular weight excluding hydrogens is 252 g/mol. The number of nitrogens with zero attached hydrogens (tertiary/aromatic N) is 1. The van der Waals surface area contributed by atoms with Gasteiger partial charge in [-0.05, 0) is 61.6 Å². The molecule has 2 nitrogen and oxygen atoms in total. The van der Waals surface area contributed by atoms with Gasteiger partial charge in [-0.2, -0.15) is 17.0 Å². The standard InChI is InChI=1S/C16H24N2S/c1-14-11-15(12-17)7-8-16(14)13-18-9-5-3-4-6-10-19-2/h7-8,11,18H,3-6,9-10,13H2,1-2H3. The Labute approximate surface area is 121 Å². The lowest BCUT2D eigenvalue weighted by Crippen LogP contribution is -2.15. The first-order chi connectivity index (χ1) is 9.27. The van der Waals surface area contributed by atoms with Gasteiger partial charge in [0, 0.05) is 6.54 Å². The van der Waals surface area contributed by atoms with E-state index in [2.05, 4.69) is 30.6 Å². The number of hydrogen-bond donors (Lipinski definition) is 1. The SMILES string of the molecule is CSCCCCCCNCc1ccc(C#N)cc1C. The topological polar surface area (TPSA) is 35.8 Å². The predicted molar refractivity (Wildman–Crippen MR) is 84.5 cm³/mol. The van der Waals surface area contributed by atoms with Crippen molar-refractivity contribution in [2.45, 2.75) is 39.2 Å². The van der Waals surface area contributed by atoms with Crippen LogP contribution in [0.15, 0.2) is 18.2 Å². The molecule has 1 aromatic carbocycles. The quantitative estimate of drug-likeness (QED) is 0.695. The molecular formula is C16H24N2S. The van der Waals surface area contributed by atoms with Crippen LogP contribution in [0.5, 0.6) is 0 Å². The van der Waals surface area contributed by atoms with Crippen molar-refractivity contribution in [2.24, 2.45) is 0 Å². The maximum atomic E-state index is 8.82. The molecule has 1 rings (SSSR count). The molecule has 0 radical (unpaired) electrons. The van der Waals surface area contributed by atoms with E-state index in [9.17, 15) is 0 Å². The minimum Gasteiger partial charge on any atom is -0.313 e. The van der Waals surface area contributed by atoms with Crippen LogP contribution in [-0.2, 0) is 6.54 Å². The second-order valence-electron chi connectivity index (χ2n) is 4.84. The second kappa shape index (κ2) is 9.89. The summed E-state index contributed by atoms with van der Waals surface area (Å²) in [5, 5.41) is 12.3. The van der Waals surface area contributed by atoms with Gasteiger partial charge in [0.05, 0.1) is 11.6 Å².